The maximum absolute atomic E-state index is 13.9. The van der Waals surface area contributed by atoms with E-state index in [1.165, 1.54) is 12.1 Å². The second-order valence-corrected chi connectivity index (χ2v) is 11.0. The van der Waals surface area contributed by atoms with Crippen molar-refractivity contribution < 1.29 is 13.2 Å². The number of piperazine rings is 1. The van der Waals surface area contributed by atoms with Gasteiger partial charge in [-0.05, 0) is 51.8 Å². The zero-order valence-corrected chi connectivity index (χ0v) is 22.8. The lowest BCUT2D eigenvalue weighted by Crippen LogP contribution is -2.50. The summed E-state index contributed by atoms with van der Waals surface area (Å²) in [6, 6.07) is 4.82. The lowest BCUT2D eigenvalue weighted by atomic mass is 10.1. The van der Waals surface area contributed by atoms with Crippen molar-refractivity contribution in [2.45, 2.75) is 64.4 Å². The molecular weight excluding hydrogens is 494 g/mol. The van der Waals surface area contributed by atoms with Crippen LogP contribution in [0.2, 0.25) is 0 Å². The Kier molecular flexibility index (Phi) is 8.32. The number of sulfonamides is 1. The van der Waals surface area contributed by atoms with E-state index in [-0.39, 0.29) is 10.5 Å². The first kappa shape index (κ1) is 27.2. The Morgan fingerprint density at radius 3 is 2.70 bits per heavy atom. The second-order valence-electron chi connectivity index (χ2n) is 9.48. The zero-order chi connectivity index (χ0) is 26.7. The average molecular weight is 532 g/mol. The van der Waals surface area contributed by atoms with E-state index in [4.69, 9.17) is 15.0 Å². The van der Waals surface area contributed by atoms with Gasteiger partial charge in [0.05, 0.1) is 22.8 Å². The van der Waals surface area contributed by atoms with Crippen molar-refractivity contribution in [2.24, 2.45) is 5.14 Å². The first-order valence-corrected chi connectivity index (χ1v) is 14.4. The Labute approximate surface area is 217 Å². The molecule has 0 spiro atoms. The first-order chi connectivity index (χ1) is 17.7. The number of hydrogen-bond donors (Lipinski definition) is 2. The lowest BCUT2D eigenvalue weighted by Gasteiger charge is -2.33. The van der Waals surface area contributed by atoms with E-state index in [1.54, 1.807) is 15.1 Å². The molecule has 202 valence electrons. The summed E-state index contributed by atoms with van der Waals surface area (Å²) in [7, 11) is -3.98. The number of imidazole rings is 1. The minimum atomic E-state index is -3.98. The molecule has 1 aliphatic rings. The van der Waals surface area contributed by atoms with E-state index in [0.717, 1.165) is 39.0 Å². The molecule has 37 heavy (non-hydrogen) atoms. The molecule has 12 heteroatoms. The monoisotopic (exact) mass is 531 g/mol. The lowest BCUT2D eigenvalue weighted by molar-refractivity contribution is 0.169. The van der Waals surface area contributed by atoms with E-state index in [9.17, 15) is 13.2 Å². The average Bonchev–Trinajstić information content (AvgIpc) is 3.16. The van der Waals surface area contributed by atoms with E-state index in [1.807, 2.05) is 20.8 Å². The highest BCUT2D eigenvalue weighted by Gasteiger charge is 2.23. The van der Waals surface area contributed by atoms with Gasteiger partial charge in [0.15, 0.2) is 11.3 Å². The number of fused-ring (bicyclic) bond motifs is 1. The molecule has 4 rings (SSSR count). The highest BCUT2D eigenvalue weighted by molar-refractivity contribution is 7.89. The number of nitrogens with zero attached hydrogens (tertiary/aromatic N) is 5. The molecule has 0 aliphatic carbocycles. The SMILES string of the molecule is CCCc1nc(C)c2c(=O)n(CCCN3CCNCC3C)c(-c3cc(S(N)(=O)=O)ccc3OCC)nn12. The fourth-order valence-electron chi connectivity index (χ4n) is 4.88. The molecule has 0 bridgehead atoms. The van der Waals surface area contributed by atoms with Gasteiger partial charge in [0.1, 0.15) is 11.6 Å². The minimum absolute atomic E-state index is 0.0721. The van der Waals surface area contributed by atoms with Crippen LogP contribution in [-0.2, 0) is 23.0 Å². The van der Waals surface area contributed by atoms with Gasteiger partial charge in [0, 0.05) is 45.2 Å². The van der Waals surface area contributed by atoms with Gasteiger partial charge in [-0.3, -0.25) is 14.3 Å². The van der Waals surface area contributed by atoms with Crippen LogP contribution >= 0.6 is 0 Å². The van der Waals surface area contributed by atoms with E-state index in [0.29, 0.717) is 59.8 Å². The number of primary sulfonamides is 1. The minimum Gasteiger partial charge on any atom is -0.493 e. The summed E-state index contributed by atoms with van der Waals surface area (Å²) in [6.45, 7) is 12.3. The van der Waals surface area contributed by atoms with Gasteiger partial charge < -0.3 is 10.1 Å². The fraction of sp³-hybridized carbons (Fsp3) is 0.560. The van der Waals surface area contributed by atoms with Crippen molar-refractivity contribution in [1.82, 2.24) is 29.4 Å². The Morgan fingerprint density at radius 2 is 2.03 bits per heavy atom. The Morgan fingerprint density at radius 1 is 1.24 bits per heavy atom. The van der Waals surface area contributed by atoms with Crippen molar-refractivity contribution in [1.29, 1.82) is 0 Å². The third kappa shape index (κ3) is 5.71. The summed E-state index contributed by atoms with van der Waals surface area (Å²) < 4.78 is 33.4. The Balaban J connectivity index is 1.88. The predicted octanol–water partition coefficient (Wildman–Crippen LogP) is 1.55. The highest BCUT2D eigenvalue weighted by atomic mass is 32.2. The number of nitrogens with two attached hydrogens (primary N) is 1. The van der Waals surface area contributed by atoms with Crippen LogP contribution in [0.5, 0.6) is 5.75 Å². The normalized spacial score (nSPS) is 16.9. The van der Waals surface area contributed by atoms with Gasteiger partial charge in [-0.2, -0.15) is 0 Å². The van der Waals surface area contributed by atoms with Crippen LogP contribution in [-0.4, -0.2) is 71.3 Å². The van der Waals surface area contributed by atoms with Crippen LogP contribution in [0.15, 0.2) is 27.9 Å². The number of benzene rings is 1. The topological polar surface area (TPSA) is 137 Å². The van der Waals surface area contributed by atoms with Crippen LogP contribution in [0.3, 0.4) is 0 Å². The first-order valence-electron chi connectivity index (χ1n) is 12.9. The summed E-state index contributed by atoms with van der Waals surface area (Å²) in [5.41, 5.74) is 1.24. The smallest absolute Gasteiger partial charge is 0.280 e. The molecule has 3 N–H and O–H groups in total. The van der Waals surface area contributed by atoms with Gasteiger partial charge in [-0.1, -0.05) is 6.92 Å². The molecule has 2 aromatic heterocycles. The van der Waals surface area contributed by atoms with Crippen molar-refractivity contribution in [2.75, 3.05) is 32.8 Å². The summed E-state index contributed by atoms with van der Waals surface area (Å²) in [5, 5.41) is 13.7. The number of aromatic nitrogens is 4. The number of rotatable bonds is 10. The molecule has 1 saturated heterocycles. The van der Waals surface area contributed by atoms with Crippen LogP contribution < -0.4 is 20.8 Å². The molecule has 0 saturated carbocycles. The summed E-state index contributed by atoms with van der Waals surface area (Å²) >= 11 is 0. The van der Waals surface area contributed by atoms with Crippen LogP contribution in [0.4, 0.5) is 0 Å². The maximum Gasteiger partial charge on any atom is 0.280 e. The largest absolute Gasteiger partial charge is 0.493 e. The van der Waals surface area contributed by atoms with Crippen molar-refractivity contribution in [3.05, 3.63) is 40.1 Å². The molecule has 1 atom stereocenters. The molecule has 1 aromatic carbocycles. The van der Waals surface area contributed by atoms with Crippen molar-refractivity contribution in [3.63, 3.8) is 0 Å². The van der Waals surface area contributed by atoms with E-state index < -0.39 is 10.0 Å². The predicted molar refractivity (Wildman–Crippen MR) is 142 cm³/mol. The fourth-order valence-corrected chi connectivity index (χ4v) is 5.42. The zero-order valence-electron chi connectivity index (χ0n) is 22.0. The summed E-state index contributed by atoms with van der Waals surface area (Å²) in [6.07, 6.45) is 2.22. The number of nitrogens with one attached hydrogen (secondary N) is 1. The highest BCUT2D eigenvalue weighted by Crippen LogP contribution is 2.31. The number of hydrogen-bond acceptors (Lipinski definition) is 8. The van der Waals surface area contributed by atoms with Crippen LogP contribution in [0.1, 0.15) is 45.1 Å². The Hall–Kier alpha value is -2.80. The van der Waals surface area contributed by atoms with E-state index >= 15 is 0 Å². The summed E-state index contributed by atoms with van der Waals surface area (Å²) in [4.78, 5) is 20.9. The quantitative estimate of drug-likeness (QED) is 0.402. The molecule has 1 fully saturated rings. The van der Waals surface area contributed by atoms with Gasteiger partial charge in [0.2, 0.25) is 10.0 Å². The van der Waals surface area contributed by atoms with Crippen molar-refractivity contribution in [3.8, 4) is 17.1 Å². The molecule has 3 heterocycles. The maximum atomic E-state index is 13.9. The second kappa shape index (κ2) is 11.3. The van der Waals surface area contributed by atoms with Crippen molar-refractivity contribution >= 4 is 15.5 Å². The molecule has 1 unspecified atom stereocenters. The van der Waals surface area contributed by atoms with Crippen LogP contribution in [0, 0.1) is 6.92 Å². The van der Waals surface area contributed by atoms with Gasteiger partial charge in [-0.25, -0.2) is 23.1 Å². The summed E-state index contributed by atoms with van der Waals surface area (Å²) in [5.74, 6) is 1.45. The molecule has 0 radical (unpaired) electrons. The number of ether oxygens (including phenoxy) is 1. The third-order valence-corrected chi connectivity index (χ3v) is 7.66. The molecule has 0 amide bonds. The number of aryl methyl sites for hydroxylation is 2. The standard InChI is InChI=1S/C25H37N7O4S/c1-5-8-22-28-18(4)23-25(33)31(13-7-12-30-14-11-27-16-17(30)3)24(29-32(22)23)20-15-19(37(26,34)35)9-10-21(20)36-6-2/h9-10,15,17,27H,5-8,11-14,16H2,1-4H3,(H2,26,34,35). The third-order valence-electron chi connectivity index (χ3n) is 6.75. The van der Waals surface area contributed by atoms with Crippen LogP contribution in [0.25, 0.3) is 16.9 Å². The van der Waals surface area contributed by atoms with Gasteiger partial charge in [0.25, 0.3) is 5.56 Å². The Bertz CT molecular complexity index is 1430. The molecular formula is C25H37N7O4S. The van der Waals surface area contributed by atoms with Gasteiger partial charge >= 0.3 is 0 Å². The molecule has 1 aliphatic heterocycles. The molecule has 3 aromatic rings. The molecule has 11 nitrogen and oxygen atoms in total. The van der Waals surface area contributed by atoms with E-state index in [2.05, 4.69) is 22.1 Å². The van der Waals surface area contributed by atoms with Gasteiger partial charge in [-0.15, -0.1) is 5.10 Å².